The van der Waals surface area contributed by atoms with Crippen molar-refractivity contribution < 1.29 is 14.3 Å². The zero-order valence-corrected chi connectivity index (χ0v) is 13.7. The molecular formula is C17H32O3. The highest BCUT2D eigenvalue weighted by Crippen LogP contribution is 2.39. The summed E-state index contributed by atoms with van der Waals surface area (Å²) in [5.41, 5.74) is -0.247. The summed E-state index contributed by atoms with van der Waals surface area (Å²) in [6, 6.07) is 0. The Morgan fingerprint density at radius 1 is 1.30 bits per heavy atom. The average Bonchev–Trinajstić information content (AvgIpc) is 2.38. The van der Waals surface area contributed by atoms with Crippen LogP contribution >= 0.6 is 0 Å². The average molecular weight is 284 g/mol. The van der Waals surface area contributed by atoms with E-state index in [1.807, 2.05) is 6.92 Å². The van der Waals surface area contributed by atoms with Crippen LogP contribution in [0.2, 0.25) is 0 Å². The first kappa shape index (κ1) is 17.5. The molecule has 0 aromatic rings. The van der Waals surface area contributed by atoms with Gasteiger partial charge in [-0.15, -0.1) is 0 Å². The summed E-state index contributed by atoms with van der Waals surface area (Å²) in [5.74, 6) is 0.503. The molecular weight excluding hydrogens is 252 g/mol. The zero-order valence-electron chi connectivity index (χ0n) is 13.7. The van der Waals surface area contributed by atoms with Crippen LogP contribution in [0.1, 0.15) is 79.1 Å². The van der Waals surface area contributed by atoms with Gasteiger partial charge in [0.25, 0.3) is 0 Å². The minimum Gasteiger partial charge on any atom is -0.459 e. The fourth-order valence-corrected chi connectivity index (χ4v) is 3.32. The molecule has 118 valence electrons. The molecule has 1 aliphatic carbocycles. The van der Waals surface area contributed by atoms with Crippen molar-refractivity contribution in [2.75, 3.05) is 6.61 Å². The van der Waals surface area contributed by atoms with Crippen LogP contribution in [-0.4, -0.2) is 24.3 Å². The Morgan fingerprint density at radius 2 is 2.05 bits per heavy atom. The van der Waals surface area contributed by atoms with Crippen molar-refractivity contribution in [1.82, 2.24) is 0 Å². The lowest BCUT2D eigenvalue weighted by atomic mass is 9.76. The normalized spacial score (nSPS) is 26.8. The summed E-state index contributed by atoms with van der Waals surface area (Å²) in [5, 5.41) is 0. The first-order valence-corrected chi connectivity index (χ1v) is 8.37. The third-order valence-electron chi connectivity index (χ3n) is 4.10. The highest BCUT2D eigenvalue weighted by Gasteiger charge is 2.44. The highest BCUT2D eigenvalue weighted by atomic mass is 16.6. The number of unbranched alkanes of at least 4 members (excludes halogenated alkanes) is 1. The molecule has 1 aliphatic rings. The van der Waals surface area contributed by atoms with Gasteiger partial charge in [0.2, 0.25) is 0 Å². The summed E-state index contributed by atoms with van der Waals surface area (Å²) >= 11 is 0. The minimum absolute atomic E-state index is 0.0495. The van der Waals surface area contributed by atoms with Gasteiger partial charge < -0.3 is 9.47 Å². The van der Waals surface area contributed by atoms with Gasteiger partial charge in [0.15, 0.2) is 0 Å². The zero-order chi connectivity index (χ0) is 15.0. The molecule has 0 heterocycles. The molecule has 1 saturated carbocycles. The Hall–Kier alpha value is -0.570. The predicted molar refractivity (Wildman–Crippen MR) is 81.7 cm³/mol. The highest BCUT2D eigenvalue weighted by molar-refractivity contribution is 5.69. The van der Waals surface area contributed by atoms with Crippen molar-refractivity contribution >= 4 is 5.97 Å². The van der Waals surface area contributed by atoms with E-state index >= 15 is 0 Å². The van der Waals surface area contributed by atoms with E-state index in [-0.39, 0.29) is 17.7 Å². The number of carbonyl (C=O) groups excluding carboxylic acids is 1. The van der Waals surface area contributed by atoms with Gasteiger partial charge in [0.05, 0.1) is 0 Å². The number of hydrogen-bond donors (Lipinski definition) is 0. The quantitative estimate of drug-likeness (QED) is 0.616. The van der Waals surface area contributed by atoms with Gasteiger partial charge in [-0.3, -0.25) is 4.79 Å². The summed E-state index contributed by atoms with van der Waals surface area (Å²) in [6.07, 6.45) is 7.69. The first-order valence-electron chi connectivity index (χ1n) is 8.37. The monoisotopic (exact) mass is 284 g/mol. The molecule has 1 fully saturated rings. The van der Waals surface area contributed by atoms with Crippen LogP contribution in [0, 0.1) is 5.92 Å². The van der Waals surface area contributed by atoms with Crippen LogP contribution < -0.4 is 0 Å². The molecule has 2 unspecified atom stereocenters. The second-order valence-electron chi connectivity index (χ2n) is 6.42. The molecule has 20 heavy (non-hydrogen) atoms. The van der Waals surface area contributed by atoms with Gasteiger partial charge >= 0.3 is 5.97 Å². The van der Waals surface area contributed by atoms with Crippen molar-refractivity contribution in [3.63, 3.8) is 0 Å². The molecule has 3 heteroatoms. The van der Waals surface area contributed by atoms with Crippen molar-refractivity contribution in [3.8, 4) is 0 Å². The number of carbonyl (C=O) groups is 1. The fraction of sp³-hybridized carbons (Fsp3) is 0.941. The summed E-state index contributed by atoms with van der Waals surface area (Å²) in [4.78, 5) is 12.0. The van der Waals surface area contributed by atoms with E-state index in [4.69, 9.17) is 9.47 Å². The molecule has 0 amide bonds. The molecule has 1 rings (SSSR count). The maximum atomic E-state index is 12.0. The maximum absolute atomic E-state index is 12.0. The molecule has 0 aliphatic heterocycles. The van der Waals surface area contributed by atoms with Gasteiger partial charge in [-0.05, 0) is 44.9 Å². The molecule has 0 aromatic heterocycles. The van der Waals surface area contributed by atoms with Gasteiger partial charge in [0.1, 0.15) is 11.7 Å². The number of ether oxygens (including phenoxy) is 2. The number of hydrogen-bond acceptors (Lipinski definition) is 3. The van der Waals surface area contributed by atoms with Crippen LogP contribution in [0.5, 0.6) is 0 Å². The van der Waals surface area contributed by atoms with Crippen LogP contribution in [0.3, 0.4) is 0 Å². The Morgan fingerprint density at radius 3 is 2.65 bits per heavy atom. The standard InChI is InChI=1S/C17H32O3/c1-5-7-11-16(18)20-15-10-8-9-12-17(15,19-6-2)13-14(3)4/h14-15H,5-13H2,1-4H3. The van der Waals surface area contributed by atoms with Gasteiger partial charge in [-0.1, -0.05) is 33.6 Å². The second-order valence-corrected chi connectivity index (χ2v) is 6.42. The third-order valence-corrected chi connectivity index (χ3v) is 4.10. The van der Waals surface area contributed by atoms with Crippen LogP contribution in [0.4, 0.5) is 0 Å². The van der Waals surface area contributed by atoms with E-state index < -0.39 is 0 Å². The number of esters is 1. The molecule has 0 N–H and O–H groups in total. The topological polar surface area (TPSA) is 35.5 Å². The molecule has 3 nitrogen and oxygen atoms in total. The number of rotatable bonds is 8. The lowest BCUT2D eigenvalue weighted by molar-refractivity contribution is -0.187. The maximum Gasteiger partial charge on any atom is 0.306 e. The first-order chi connectivity index (χ1) is 9.54. The molecule has 0 spiro atoms. The Balaban J connectivity index is 2.73. The van der Waals surface area contributed by atoms with Gasteiger partial charge in [0, 0.05) is 13.0 Å². The van der Waals surface area contributed by atoms with Crippen molar-refractivity contribution in [3.05, 3.63) is 0 Å². The van der Waals surface area contributed by atoms with E-state index in [0.29, 0.717) is 18.9 Å². The largest absolute Gasteiger partial charge is 0.459 e. The van der Waals surface area contributed by atoms with Crippen molar-refractivity contribution in [2.45, 2.75) is 90.8 Å². The van der Waals surface area contributed by atoms with E-state index in [0.717, 1.165) is 38.5 Å². The molecule has 0 bridgehead atoms. The Labute approximate surface area is 124 Å². The summed E-state index contributed by atoms with van der Waals surface area (Å²) < 4.78 is 11.9. The van der Waals surface area contributed by atoms with Crippen LogP contribution in [-0.2, 0) is 14.3 Å². The van der Waals surface area contributed by atoms with E-state index in [1.165, 1.54) is 6.42 Å². The lowest BCUT2D eigenvalue weighted by Gasteiger charge is -2.44. The van der Waals surface area contributed by atoms with Crippen LogP contribution in [0.25, 0.3) is 0 Å². The minimum atomic E-state index is -0.247. The Kier molecular flexibility index (Phi) is 7.57. The molecule has 2 atom stereocenters. The van der Waals surface area contributed by atoms with Crippen LogP contribution in [0.15, 0.2) is 0 Å². The van der Waals surface area contributed by atoms with E-state index in [9.17, 15) is 4.79 Å². The van der Waals surface area contributed by atoms with E-state index in [1.54, 1.807) is 0 Å². The van der Waals surface area contributed by atoms with Crippen molar-refractivity contribution in [2.24, 2.45) is 5.92 Å². The van der Waals surface area contributed by atoms with E-state index in [2.05, 4.69) is 20.8 Å². The Bertz CT molecular complexity index is 284. The van der Waals surface area contributed by atoms with Gasteiger partial charge in [-0.25, -0.2) is 0 Å². The smallest absolute Gasteiger partial charge is 0.306 e. The lowest BCUT2D eigenvalue weighted by Crippen LogP contribution is -2.50. The summed E-state index contributed by atoms with van der Waals surface area (Å²) in [7, 11) is 0. The van der Waals surface area contributed by atoms with Crippen molar-refractivity contribution in [1.29, 1.82) is 0 Å². The summed E-state index contributed by atoms with van der Waals surface area (Å²) in [6.45, 7) is 9.25. The third kappa shape index (κ3) is 5.08. The molecule has 0 radical (unpaired) electrons. The predicted octanol–water partition coefficient (Wildman–Crippen LogP) is 4.48. The SMILES string of the molecule is CCCCC(=O)OC1CCCCC1(CC(C)C)OCC. The van der Waals surface area contributed by atoms with Gasteiger partial charge in [-0.2, -0.15) is 0 Å². The fourth-order valence-electron chi connectivity index (χ4n) is 3.32. The molecule has 0 saturated heterocycles. The second kappa shape index (κ2) is 8.66. The molecule has 0 aromatic carbocycles.